The molecule has 8 nitrogen and oxygen atoms in total. The predicted octanol–water partition coefficient (Wildman–Crippen LogP) is 5.52. The molecule has 1 saturated heterocycles. The number of piperazine rings is 1. The summed E-state index contributed by atoms with van der Waals surface area (Å²) in [6, 6.07) is 20.4. The van der Waals surface area contributed by atoms with Crippen LogP contribution in [0.2, 0.25) is 10.0 Å². The second-order valence-electron chi connectivity index (χ2n) is 10.2. The van der Waals surface area contributed by atoms with Crippen LogP contribution in [0.25, 0.3) is 0 Å². The number of nitrogens with zero attached hydrogens (tertiary/aromatic N) is 5. The second kappa shape index (κ2) is 12.7. The molecule has 42 heavy (non-hydrogen) atoms. The molecule has 0 aliphatic carbocycles. The molecule has 2 atom stereocenters. The Labute approximate surface area is 259 Å². The molecule has 3 heterocycles. The third-order valence-corrected chi connectivity index (χ3v) is 9.33. The fourth-order valence-electron chi connectivity index (χ4n) is 5.36. The van der Waals surface area contributed by atoms with E-state index >= 15 is 0 Å². The number of halogens is 3. The van der Waals surface area contributed by atoms with Crippen molar-refractivity contribution in [2.24, 2.45) is 16.5 Å². The largest absolute Gasteiger partial charge is 0.494 e. The van der Waals surface area contributed by atoms with E-state index in [1.165, 1.54) is 23.9 Å². The van der Waals surface area contributed by atoms with Gasteiger partial charge in [-0.1, -0.05) is 47.1 Å². The standard InChI is InChI=1S/C30H32Cl2FN7OS/c31-23-4-1-2-5-26(23)38-15-13-37(14-16-38)12-3-17-41-22-9-6-20(7-10-22)40-29-27(42-30(40)35)28(34)39(19-36-29)21-8-11-25(33)24(32)18-21/h1-2,4-11,18-19,28,30H,3,12-17,34-35H2. The van der Waals surface area contributed by atoms with Crippen molar-refractivity contribution in [1.29, 1.82) is 0 Å². The van der Waals surface area contributed by atoms with Crippen LogP contribution < -0.4 is 30.9 Å². The van der Waals surface area contributed by atoms with Gasteiger partial charge in [0, 0.05) is 44.1 Å². The zero-order chi connectivity index (χ0) is 29.2. The first-order chi connectivity index (χ1) is 20.4. The fourth-order valence-corrected chi connectivity index (χ4v) is 6.89. The molecular weight excluding hydrogens is 596 g/mol. The third-order valence-electron chi connectivity index (χ3n) is 7.59. The smallest absolute Gasteiger partial charge is 0.150 e. The Morgan fingerprint density at radius 1 is 0.929 bits per heavy atom. The van der Waals surface area contributed by atoms with Crippen molar-refractivity contribution in [2.75, 3.05) is 54.0 Å². The van der Waals surface area contributed by atoms with Gasteiger partial charge in [0.05, 0.1) is 33.6 Å². The second-order valence-corrected chi connectivity index (χ2v) is 12.2. The quantitative estimate of drug-likeness (QED) is 0.316. The van der Waals surface area contributed by atoms with E-state index in [2.05, 4.69) is 20.9 Å². The number of hydrogen-bond acceptors (Lipinski definition) is 9. The summed E-state index contributed by atoms with van der Waals surface area (Å²) < 4.78 is 19.7. The van der Waals surface area contributed by atoms with Gasteiger partial charge in [-0.2, -0.15) is 0 Å². The maximum Gasteiger partial charge on any atom is 0.150 e. The number of rotatable bonds is 8. The molecule has 3 aliphatic rings. The summed E-state index contributed by atoms with van der Waals surface area (Å²) >= 11 is 13.8. The van der Waals surface area contributed by atoms with Crippen molar-refractivity contribution in [3.8, 4) is 5.75 Å². The molecule has 0 radical (unpaired) electrons. The van der Waals surface area contributed by atoms with Crippen LogP contribution in [0.4, 0.5) is 21.5 Å². The number of ether oxygens (including phenoxy) is 1. The van der Waals surface area contributed by atoms with Crippen molar-refractivity contribution < 1.29 is 9.13 Å². The van der Waals surface area contributed by atoms with E-state index in [9.17, 15) is 4.39 Å². The fraction of sp³-hybridized carbons (Fsp3) is 0.300. The topological polar surface area (TPSA) is 86.6 Å². The predicted molar refractivity (Wildman–Crippen MR) is 172 cm³/mol. The maximum atomic E-state index is 13.7. The summed E-state index contributed by atoms with van der Waals surface area (Å²) in [7, 11) is 0. The van der Waals surface area contributed by atoms with Gasteiger partial charge in [-0.15, -0.1) is 0 Å². The van der Waals surface area contributed by atoms with Crippen molar-refractivity contribution in [2.45, 2.75) is 18.1 Å². The lowest BCUT2D eigenvalue weighted by Crippen LogP contribution is -2.46. The summed E-state index contributed by atoms with van der Waals surface area (Å²) in [5, 5.41) is 0.835. The molecule has 3 aromatic carbocycles. The summed E-state index contributed by atoms with van der Waals surface area (Å²) in [4.78, 5) is 14.0. The maximum absolute atomic E-state index is 13.7. The number of benzene rings is 3. The van der Waals surface area contributed by atoms with Gasteiger partial charge in [-0.3, -0.25) is 9.80 Å². The normalized spacial score (nSPS) is 20.8. The van der Waals surface area contributed by atoms with E-state index in [-0.39, 0.29) is 10.5 Å². The van der Waals surface area contributed by atoms with Crippen LogP contribution in [-0.2, 0) is 0 Å². The van der Waals surface area contributed by atoms with Crippen LogP contribution in [0.1, 0.15) is 6.42 Å². The van der Waals surface area contributed by atoms with Crippen molar-refractivity contribution in [3.63, 3.8) is 0 Å². The minimum Gasteiger partial charge on any atom is -0.494 e. The molecule has 0 spiro atoms. The lowest BCUT2D eigenvalue weighted by Gasteiger charge is -2.36. The zero-order valence-corrected chi connectivity index (χ0v) is 25.2. The van der Waals surface area contributed by atoms with Gasteiger partial charge in [-0.25, -0.2) is 9.38 Å². The lowest BCUT2D eigenvalue weighted by atomic mass is 10.2. The summed E-state index contributed by atoms with van der Waals surface area (Å²) in [5.41, 5.74) is 15.3. The minimum atomic E-state index is -0.526. The number of anilines is 3. The van der Waals surface area contributed by atoms with Gasteiger partial charge in [-0.05, 0) is 61.0 Å². The number of para-hydroxylation sites is 1. The van der Waals surface area contributed by atoms with Gasteiger partial charge in [0.1, 0.15) is 29.1 Å². The van der Waals surface area contributed by atoms with Crippen LogP contribution in [0.15, 0.2) is 82.4 Å². The highest BCUT2D eigenvalue weighted by molar-refractivity contribution is 8.04. The van der Waals surface area contributed by atoms with Gasteiger partial charge < -0.3 is 26.0 Å². The zero-order valence-electron chi connectivity index (χ0n) is 22.9. The molecule has 2 unspecified atom stereocenters. The molecule has 4 N–H and O–H groups in total. The Morgan fingerprint density at radius 3 is 2.40 bits per heavy atom. The van der Waals surface area contributed by atoms with Gasteiger partial charge in [0.15, 0.2) is 0 Å². The highest BCUT2D eigenvalue weighted by Gasteiger charge is 2.38. The van der Waals surface area contributed by atoms with E-state index in [1.54, 1.807) is 17.3 Å². The van der Waals surface area contributed by atoms with Crippen LogP contribution in [-0.4, -0.2) is 62.2 Å². The Morgan fingerprint density at radius 2 is 1.67 bits per heavy atom. The molecular formula is C30H32Cl2FN7OS. The van der Waals surface area contributed by atoms with E-state index in [4.69, 9.17) is 39.4 Å². The Hall–Kier alpha value is -2.99. The Balaban J connectivity index is 1.00. The van der Waals surface area contributed by atoms with Crippen molar-refractivity contribution in [1.82, 2.24) is 4.90 Å². The molecule has 12 heteroatoms. The Bertz CT molecular complexity index is 1480. The monoisotopic (exact) mass is 627 g/mol. The summed E-state index contributed by atoms with van der Waals surface area (Å²) in [6.45, 7) is 5.58. The number of hydrogen-bond donors (Lipinski definition) is 2. The first-order valence-electron chi connectivity index (χ1n) is 13.8. The Kier molecular flexibility index (Phi) is 8.80. The summed E-state index contributed by atoms with van der Waals surface area (Å²) in [6.07, 6.45) is 2.05. The van der Waals surface area contributed by atoms with Gasteiger partial charge in [0.2, 0.25) is 0 Å². The van der Waals surface area contributed by atoms with Crippen LogP contribution in [0, 0.1) is 5.82 Å². The van der Waals surface area contributed by atoms with Crippen LogP contribution >= 0.6 is 35.0 Å². The van der Waals surface area contributed by atoms with E-state index in [1.807, 2.05) is 47.4 Å². The van der Waals surface area contributed by atoms with Crippen molar-refractivity contribution in [3.05, 3.63) is 93.3 Å². The lowest BCUT2D eigenvalue weighted by molar-refractivity contribution is 0.225. The van der Waals surface area contributed by atoms with Gasteiger partial charge in [0.25, 0.3) is 0 Å². The number of aliphatic imine (C=N–C) groups is 1. The molecule has 1 fully saturated rings. The van der Waals surface area contributed by atoms with Crippen LogP contribution in [0.5, 0.6) is 5.75 Å². The number of nitrogens with two attached hydrogens (primary N) is 2. The SMILES string of the molecule is NC1C2=C(N=CN1c1ccc(F)c(Cl)c1)N(c1ccc(OCCCN3CCN(c4ccccc4Cl)CC3)cc1)C(N)S2. The molecule has 220 valence electrons. The summed E-state index contributed by atoms with van der Waals surface area (Å²) in [5.74, 6) is 1.02. The van der Waals surface area contributed by atoms with E-state index < -0.39 is 12.0 Å². The van der Waals surface area contributed by atoms with E-state index in [0.29, 0.717) is 18.1 Å². The molecule has 3 aromatic rings. The minimum absolute atomic E-state index is 0.0278. The highest BCUT2D eigenvalue weighted by atomic mass is 35.5. The molecule has 0 bridgehead atoms. The number of thioether (sulfide) groups is 1. The molecule has 6 rings (SSSR count). The highest BCUT2D eigenvalue weighted by Crippen LogP contribution is 2.44. The van der Waals surface area contributed by atoms with Crippen LogP contribution in [0.3, 0.4) is 0 Å². The molecule has 3 aliphatic heterocycles. The first kappa shape index (κ1) is 29.1. The molecule has 0 aromatic heterocycles. The van der Waals surface area contributed by atoms with E-state index in [0.717, 1.165) is 66.2 Å². The molecule has 0 saturated carbocycles. The first-order valence-corrected chi connectivity index (χ1v) is 15.5. The third kappa shape index (κ3) is 6.06. The average molecular weight is 629 g/mol. The van der Waals surface area contributed by atoms with Crippen molar-refractivity contribution >= 4 is 58.4 Å². The van der Waals surface area contributed by atoms with Gasteiger partial charge >= 0.3 is 0 Å². The average Bonchev–Trinajstić information content (AvgIpc) is 3.35. The molecule has 0 amide bonds.